The first kappa shape index (κ1) is 23.7. The van der Waals surface area contributed by atoms with E-state index >= 15 is 0 Å². The van der Waals surface area contributed by atoms with Gasteiger partial charge in [0.2, 0.25) is 0 Å². The fourth-order valence-electron chi connectivity index (χ4n) is 3.94. The fraction of sp³-hybridized carbons (Fsp3) is 0.818. The van der Waals surface area contributed by atoms with Crippen LogP contribution in [0.2, 0.25) is 0 Å². The van der Waals surface area contributed by atoms with Gasteiger partial charge in [-0.1, -0.05) is 32.9 Å². The van der Waals surface area contributed by atoms with Crippen molar-refractivity contribution in [2.45, 2.75) is 66.0 Å². The first-order chi connectivity index (χ1) is 14.0. The van der Waals surface area contributed by atoms with Crippen LogP contribution in [-0.2, 0) is 6.54 Å². The molecule has 1 aliphatic heterocycles. The molecule has 0 spiro atoms. The van der Waals surface area contributed by atoms with Gasteiger partial charge in [0.15, 0.2) is 11.7 Å². The Morgan fingerprint density at radius 3 is 2.41 bits per heavy atom. The van der Waals surface area contributed by atoms with E-state index in [-0.39, 0.29) is 0 Å². The van der Waals surface area contributed by atoms with Crippen molar-refractivity contribution in [3.8, 4) is 0 Å². The third kappa shape index (κ3) is 7.30. The van der Waals surface area contributed by atoms with Gasteiger partial charge in [0.05, 0.1) is 5.69 Å². The number of piperazine rings is 1. The average Bonchev–Trinajstić information content (AvgIpc) is 3.17. The van der Waals surface area contributed by atoms with Gasteiger partial charge in [0, 0.05) is 57.3 Å². The lowest BCUT2D eigenvalue weighted by molar-refractivity contribution is 0.0900. The van der Waals surface area contributed by atoms with Gasteiger partial charge in [0.1, 0.15) is 6.54 Å². The first-order valence-electron chi connectivity index (χ1n) is 11.4. The highest BCUT2D eigenvalue weighted by Crippen LogP contribution is 2.22. The molecule has 1 aliphatic rings. The fourth-order valence-corrected chi connectivity index (χ4v) is 3.94. The van der Waals surface area contributed by atoms with Crippen molar-refractivity contribution in [1.29, 1.82) is 0 Å². The summed E-state index contributed by atoms with van der Waals surface area (Å²) in [5.74, 6) is 2.72. The molecule has 29 heavy (non-hydrogen) atoms. The molecule has 2 rings (SSSR count). The second-order valence-corrected chi connectivity index (χ2v) is 8.46. The molecule has 1 aromatic rings. The van der Waals surface area contributed by atoms with Crippen molar-refractivity contribution in [2.24, 2.45) is 10.9 Å². The Balaban J connectivity index is 1.95. The van der Waals surface area contributed by atoms with E-state index in [1.807, 2.05) is 0 Å². The number of rotatable bonds is 10. The minimum atomic E-state index is 0.471. The van der Waals surface area contributed by atoms with Crippen molar-refractivity contribution in [1.82, 2.24) is 25.6 Å². The van der Waals surface area contributed by atoms with Gasteiger partial charge in [-0.2, -0.15) is 0 Å². The molecule has 0 bridgehead atoms. The van der Waals surface area contributed by atoms with Gasteiger partial charge in [-0.05, 0) is 32.7 Å². The van der Waals surface area contributed by atoms with E-state index in [0.717, 1.165) is 69.5 Å². The number of aromatic nitrogens is 1. The van der Waals surface area contributed by atoms with Gasteiger partial charge in [-0.15, -0.1) is 0 Å². The molecule has 0 aliphatic carbocycles. The number of guanidine groups is 1. The summed E-state index contributed by atoms with van der Waals surface area (Å²) in [4.78, 5) is 9.74. The van der Waals surface area contributed by atoms with Gasteiger partial charge in [-0.3, -0.25) is 4.90 Å². The van der Waals surface area contributed by atoms with Crippen molar-refractivity contribution in [3.05, 3.63) is 17.5 Å². The zero-order valence-corrected chi connectivity index (χ0v) is 19.4. The van der Waals surface area contributed by atoms with E-state index in [2.05, 4.69) is 73.3 Å². The summed E-state index contributed by atoms with van der Waals surface area (Å²) in [5.41, 5.74) is 1.05. The van der Waals surface area contributed by atoms with E-state index in [4.69, 9.17) is 9.52 Å². The van der Waals surface area contributed by atoms with E-state index in [1.54, 1.807) is 0 Å². The maximum absolute atomic E-state index is 5.52. The van der Waals surface area contributed by atoms with Crippen LogP contribution in [0.3, 0.4) is 0 Å². The molecule has 0 amide bonds. The molecule has 0 aromatic carbocycles. The first-order valence-corrected chi connectivity index (χ1v) is 11.4. The molecule has 1 aromatic heterocycles. The van der Waals surface area contributed by atoms with Gasteiger partial charge in [0.25, 0.3) is 0 Å². The van der Waals surface area contributed by atoms with Gasteiger partial charge < -0.3 is 20.1 Å². The highest BCUT2D eigenvalue weighted by molar-refractivity contribution is 5.79. The molecule has 2 N–H and O–H groups in total. The summed E-state index contributed by atoms with van der Waals surface area (Å²) in [6.07, 6.45) is 2.16. The summed E-state index contributed by atoms with van der Waals surface area (Å²) in [6.45, 7) is 17.9. The Morgan fingerprint density at radius 1 is 1.14 bits per heavy atom. The maximum atomic E-state index is 5.52. The Hall–Kier alpha value is -1.60. The minimum absolute atomic E-state index is 0.471. The molecule has 0 saturated carbocycles. The Labute approximate surface area is 177 Å². The molecule has 2 heterocycles. The standard InChI is InChI=1S/C22H42N6O/c1-7-18(8-2)20-14-19(29-26-20)15-24-22(23-9-3)25-16-21(17(4)5)28-12-10-27(6)11-13-28/h14,17-18,21H,7-13,15-16H2,1-6H3,(H2,23,24,25). The number of aliphatic imine (C=N–C) groups is 1. The van der Waals surface area contributed by atoms with Crippen LogP contribution >= 0.6 is 0 Å². The molecule has 7 heteroatoms. The van der Waals surface area contributed by atoms with Crippen LogP contribution in [0.1, 0.15) is 64.8 Å². The van der Waals surface area contributed by atoms with Crippen LogP contribution in [0.25, 0.3) is 0 Å². The Bertz CT molecular complexity index is 602. The zero-order chi connectivity index (χ0) is 21.2. The number of hydrogen-bond donors (Lipinski definition) is 2. The van der Waals surface area contributed by atoms with Crippen LogP contribution in [-0.4, -0.2) is 73.3 Å². The van der Waals surface area contributed by atoms with Crippen LogP contribution in [0.5, 0.6) is 0 Å². The highest BCUT2D eigenvalue weighted by atomic mass is 16.5. The van der Waals surface area contributed by atoms with Crippen molar-refractivity contribution >= 4 is 5.96 Å². The van der Waals surface area contributed by atoms with E-state index < -0.39 is 0 Å². The third-order valence-corrected chi connectivity index (χ3v) is 5.97. The minimum Gasteiger partial charge on any atom is -0.359 e. The second kappa shape index (κ2) is 12.2. The molecular weight excluding hydrogens is 364 g/mol. The number of nitrogens with one attached hydrogen (secondary N) is 2. The van der Waals surface area contributed by atoms with Crippen LogP contribution < -0.4 is 10.6 Å². The largest absolute Gasteiger partial charge is 0.359 e. The van der Waals surface area contributed by atoms with Crippen LogP contribution in [0.4, 0.5) is 0 Å². The molecule has 166 valence electrons. The summed E-state index contributed by atoms with van der Waals surface area (Å²) >= 11 is 0. The van der Waals surface area contributed by atoms with Crippen molar-refractivity contribution in [3.63, 3.8) is 0 Å². The lowest BCUT2D eigenvalue weighted by atomic mass is 9.99. The molecule has 1 atom stereocenters. The summed E-state index contributed by atoms with van der Waals surface area (Å²) in [6, 6.07) is 2.56. The lowest BCUT2D eigenvalue weighted by Crippen LogP contribution is -2.55. The predicted molar refractivity (Wildman–Crippen MR) is 120 cm³/mol. The van der Waals surface area contributed by atoms with Crippen LogP contribution in [0.15, 0.2) is 15.6 Å². The number of hydrogen-bond acceptors (Lipinski definition) is 5. The van der Waals surface area contributed by atoms with E-state index in [1.165, 1.54) is 0 Å². The summed E-state index contributed by atoms with van der Waals surface area (Å²) in [5, 5.41) is 11.2. The average molecular weight is 407 g/mol. The summed E-state index contributed by atoms with van der Waals surface area (Å²) in [7, 11) is 2.20. The molecule has 7 nitrogen and oxygen atoms in total. The topological polar surface area (TPSA) is 68.9 Å². The normalized spacial score (nSPS) is 17.9. The number of nitrogens with zero attached hydrogens (tertiary/aromatic N) is 4. The van der Waals surface area contributed by atoms with Crippen molar-refractivity contribution < 1.29 is 4.52 Å². The van der Waals surface area contributed by atoms with Gasteiger partial charge in [-0.25, -0.2) is 4.99 Å². The number of likely N-dealkylation sites (N-methyl/N-ethyl adjacent to an activating group) is 1. The predicted octanol–water partition coefficient (Wildman–Crippen LogP) is 2.91. The van der Waals surface area contributed by atoms with E-state index in [9.17, 15) is 0 Å². The quantitative estimate of drug-likeness (QED) is 0.460. The molecule has 0 radical (unpaired) electrons. The summed E-state index contributed by atoms with van der Waals surface area (Å²) < 4.78 is 5.52. The monoisotopic (exact) mass is 406 g/mol. The second-order valence-electron chi connectivity index (χ2n) is 8.46. The smallest absolute Gasteiger partial charge is 0.191 e. The lowest BCUT2D eigenvalue weighted by Gasteiger charge is -2.40. The maximum Gasteiger partial charge on any atom is 0.191 e. The SMILES string of the molecule is CCNC(=NCc1cc(C(CC)CC)no1)NCC(C(C)C)N1CCN(C)CC1. The zero-order valence-electron chi connectivity index (χ0n) is 19.4. The van der Waals surface area contributed by atoms with Gasteiger partial charge >= 0.3 is 0 Å². The Kier molecular flexibility index (Phi) is 9.94. The molecule has 1 fully saturated rings. The molecular formula is C22H42N6O. The van der Waals surface area contributed by atoms with Crippen LogP contribution in [0, 0.1) is 5.92 Å². The molecule has 1 unspecified atom stereocenters. The van der Waals surface area contributed by atoms with Crippen molar-refractivity contribution in [2.75, 3.05) is 46.3 Å². The Morgan fingerprint density at radius 2 is 1.83 bits per heavy atom. The highest BCUT2D eigenvalue weighted by Gasteiger charge is 2.25. The third-order valence-electron chi connectivity index (χ3n) is 5.97. The van der Waals surface area contributed by atoms with E-state index in [0.29, 0.717) is 24.4 Å². The molecule has 1 saturated heterocycles.